The van der Waals surface area contributed by atoms with Gasteiger partial charge in [-0.3, -0.25) is 0 Å². The van der Waals surface area contributed by atoms with Crippen molar-refractivity contribution < 1.29 is 4.39 Å². The Morgan fingerprint density at radius 1 is 1.47 bits per heavy atom. The van der Waals surface area contributed by atoms with Crippen LogP contribution in [-0.2, 0) is 13.0 Å². The quantitative estimate of drug-likeness (QED) is 0.745. The SMILES string of the molecule is CC1(Cn2c(CCCl)nc3cc(F)c(Br)cc32)CC1. The molecule has 0 unspecified atom stereocenters. The van der Waals surface area contributed by atoms with Crippen LogP contribution in [0, 0.1) is 11.2 Å². The first-order valence-electron chi connectivity index (χ1n) is 6.42. The highest BCUT2D eigenvalue weighted by Crippen LogP contribution is 2.47. The highest BCUT2D eigenvalue weighted by Gasteiger charge is 2.38. The van der Waals surface area contributed by atoms with E-state index in [1.165, 1.54) is 18.9 Å². The maximum absolute atomic E-state index is 13.6. The molecular formula is C14H15BrClFN2. The maximum atomic E-state index is 13.6. The summed E-state index contributed by atoms with van der Waals surface area (Å²) in [5.41, 5.74) is 2.07. The summed E-state index contributed by atoms with van der Waals surface area (Å²) in [5.74, 6) is 1.21. The molecule has 1 fully saturated rings. The van der Waals surface area contributed by atoms with Crippen LogP contribution in [0.25, 0.3) is 11.0 Å². The van der Waals surface area contributed by atoms with Gasteiger partial charge in [-0.15, -0.1) is 11.6 Å². The summed E-state index contributed by atoms with van der Waals surface area (Å²) in [6.45, 7) is 3.22. The van der Waals surface area contributed by atoms with Crippen molar-refractivity contribution in [2.75, 3.05) is 5.88 Å². The Morgan fingerprint density at radius 2 is 2.21 bits per heavy atom. The van der Waals surface area contributed by atoms with Gasteiger partial charge in [0.25, 0.3) is 0 Å². The first-order chi connectivity index (χ1) is 9.02. The average molecular weight is 346 g/mol. The molecule has 1 aromatic heterocycles. The van der Waals surface area contributed by atoms with Crippen molar-refractivity contribution in [3.63, 3.8) is 0 Å². The standard InChI is InChI=1S/C14H15BrClFN2/c1-14(3-4-14)8-19-12-6-9(15)10(17)7-11(12)18-13(19)2-5-16/h6-7H,2-5,8H2,1H3. The summed E-state index contributed by atoms with van der Waals surface area (Å²) in [4.78, 5) is 4.53. The van der Waals surface area contributed by atoms with Crippen LogP contribution in [0.15, 0.2) is 16.6 Å². The van der Waals surface area contributed by atoms with Crippen molar-refractivity contribution in [2.45, 2.75) is 32.7 Å². The number of imidazole rings is 1. The molecule has 1 aliphatic rings. The lowest BCUT2D eigenvalue weighted by Gasteiger charge is -2.13. The second-order valence-corrected chi connectivity index (χ2v) is 6.85. The number of rotatable bonds is 4. The fraction of sp³-hybridized carbons (Fsp3) is 0.500. The van der Waals surface area contributed by atoms with Gasteiger partial charge in [0.2, 0.25) is 0 Å². The van der Waals surface area contributed by atoms with Gasteiger partial charge in [0.15, 0.2) is 0 Å². The summed E-state index contributed by atoms with van der Waals surface area (Å²) in [6.07, 6.45) is 3.20. The molecule has 5 heteroatoms. The third-order valence-corrected chi connectivity index (χ3v) is 4.63. The molecule has 0 atom stereocenters. The number of hydrogen-bond donors (Lipinski definition) is 0. The van der Waals surface area contributed by atoms with Crippen LogP contribution in [0.1, 0.15) is 25.6 Å². The van der Waals surface area contributed by atoms with Crippen LogP contribution >= 0.6 is 27.5 Å². The fourth-order valence-electron chi connectivity index (χ4n) is 2.38. The number of nitrogens with zero attached hydrogens (tertiary/aromatic N) is 2. The van der Waals surface area contributed by atoms with Gasteiger partial charge < -0.3 is 4.57 Å². The smallest absolute Gasteiger partial charge is 0.139 e. The third kappa shape index (κ3) is 2.52. The van der Waals surface area contributed by atoms with E-state index in [2.05, 4.69) is 32.4 Å². The zero-order chi connectivity index (χ0) is 13.6. The third-order valence-electron chi connectivity index (χ3n) is 3.83. The molecule has 0 radical (unpaired) electrons. The summed E-state index contributed by atoms with van der Waals surface area (Å²) in [7, 11) is 0. The molecule has 1 aromatic carbocycles. The summed E-state index contributed by atoms with van der Waals surface area (Å²) in [6, 6.07) is 3.31. The molecule has 0 bridgehead atoms. The van der Waals surface area contributed by atoms with E-state index in [-0.39, 0.29) is 5.82 Å². The van der Waals surface area contributed by atoms with Crippen molar-refractivity contribution in [1.29, 1.82) is 0 Å². The van der Waals surface area contributed by atoms with Crippen LogP contribution in [-0.4, -0.2) is 15.4 Å². The zero-order valence-electron chi connectivity index (χ0n) is 10.7. The average Bonchev–Trinajstić information content (AvgIpc) is 3.00. The lowest BCUT2D eigenvalue weighted by atomic mass is 10.1. The Morgan fingerprint density at radius 3 is 2.84 bits per heavy atom. The minimum Gasteiger partial charge on any atom is -0.327 e. The summed E-state index contributed by atoms with van der Waals surface area (Å²) < 4.78 is 16.3. The Kier molecular flexibility index (Phi) is 3.34. The number of benzene rings is 1. The van der Waals surface area contributed by atoms with E-state index in [0.717, 1.165) is 17.9 Å². The molecule has 2 aromatic rings. The van der Waals surface area contributed by atoms with E-state index in [9.17, 15) is 4.39 Å². The number of aryl methyl sites for hydroxylation is 1. The molecule has 0 N–H and O–H groups in total. The van der Waals surface area contributed by atoms with Gasteiger partial charge in [-0.05, 0) is 40.3 Å². The molecule has 0 aliphatic heterocycles. The minimum atomic E-state index is -0.271. The first kappa shape index (κ1) is 13.4. The van der Waals surface area contributed by atoms with E-state index < -0.39 is 0 Å². The van der Waals surface area contributed by atoms with Gasteiger partial charge in [0.1, 0.15) is 11.6 Å². The molecule has 1 saturated carbocycles. The molecule has 19 heavy (non-hydrogen) atoms. The monoisotopic (exact) mass is 344 g/mol. The van der Waals surface area contributed by atoms with E-state index in [1.807, 2.05) is 6.07 Å². The lowest BCUT2D eigenvalue weighted by molar-refractivity contribution is 0.462. The minimum absolute atomic E-state index is 0.271. The molecule has 102 valence electrons. The van der Waals surface area contributed by atoms with Crippen molar-refractivity contribution in [3.8, 4) is 0 Å². The number of halogens is 3. The van der Waals surface area contributed by atoms with Gasteiger partial charge in [-0.2, -0.15) is 0 Å². The van der Waals surface area contributed by atoms with E-state index >= 15 is 0 Å². The second kappa shape index (κ2) is 4.74. The molecule has 0 spiro atoms. The maximum Gasteiger partial charge on any atom is 0.139 e. The van der Waals surface area contributed by atoms with Crippen LogP contribution < -0.4 is 0 Å². The van der Waals surface area contributed by atoms with Gasteiger partial charge in [0, 0.05) is 24.9 Å². The molecule has 1 heterocycles. The highest BCUT2D eigenvalue weighted by atomic mass is 79.9. The molecule has 2 nitrogen and oxygen atoms in total. The first-order valence-corrected chi connectivity index (χ1v) is 7.75. The lowest BCUT2D eigenvalue weighted by Crippen LogP contribution is -2.11. The van der Waals surface area contributed by atoms with Crippen molar-refractivity contribution in [2.24, 2.45) is 5.41 Å². The van der Waals surface area contributed by atoms with Gasteiger partial charge >= 0.3 is 0 Å². The summed E-state index contributed by atoms with van der Waals surface area (Å²) >= 11 is 9.10. The largest absolute Gasteiger partial charge is 0.327 e. The number of alkyl halides is 1. The van der Waals surface area contributed by atoms with Gasteiger partial charge in [0.05, 0.1) is 15.5 Å². The van der Waals surface area contributed by atoms with Crippen LogP contribution in [0.2, 0.25) is 0 Å². The Bertz CT molecular complexity index is 634. The van der Waals surface area contributed by atoms with Crippen LogP contribution in [0.4, 0.5) is 4.39 Å². The Hall–Kier alpha value is -0.610. The number of fused-ring (bicyclic) bond motifs is 1. The molecule has 1 aliphatic carbocycles. The van der Waals surface area contributed by atoms with Crippen molar-refractivity contribution >= 4 is 38.6 Å². The summed E-state index contributed by atoms with van der Waals surface area (Å²) in [5, 5.41) is 0. The van der Waals surface area contributed by atoms with Gasteiger partial charge in [-0.25, -0.2) is 9.37 Å². The topological polar surface area (TPSA) is 17.8 Å². The van der Waals surface area contributed by atoms with Crippen LogP contribution in [0.3, 0.4) is 0 Å². The second-order valence-electron chi connectivity index (χ2n) is 5.62. The van der Waals surface area contributed by atoms with Crippen molar-refractivity contribution in [1.82, 2.24) is 9.55 Å². The van der Waals surface area contributed by atoms with Gasteiger partial charge in [-0.1, -0.05) is 6.92 Å². The van der Waals surface area contributed by atoms with E-state index in [1.54, 1.807) is 0 Å². The Balaban J connectivity index is 2.13. The molecule has 0 amide bonds. The predicted molar refractivity (Wildman–Crippen MR) is 79.2 cm³/mol. The fourth-order valence-corrected chi connectivity index (χ4v) is 2.88. The highest BCUT2D eigenvalue weighted by molar-refractivity contribution is 9.10. The van der Waals surface area contributed by atoms with E-state index in [4.69, 9.17) is 11.6 Å². The number of aromatic nitrogens is 2. The van der Waals surface area contributed by atoms with E-state index in [0.29, 0.717) is 27.7 Å². The predicted octanol–water partition coefficient (Wildman–Crippen LogP) is 4.52. The normalized spacial score (nSPS) is 17.1. The molecular weight excluding hydrogens is 331 g/mol. The molecule has 3 rings (SSSR count). The zero-order valence-corrected chi connectivity index (χ0v) is 13.1. The van der Waals surface area contributed by atoms with Crippen molar-refractivity contribution in [3.05, 3.63) is 28.2 Å². The Labute approximate surface area is 125 Å². The number of hydrogen-bond acceptors (Lipinski definition) is 1. The molecule has 0 saturated heterocycles. The van der Waals surface area contributed by atoms with Crippen LogP contribution in [0.5, 0.6) is 0 Å².